The van der Waals surface area contributed by atoms with Crippen molar-refractivity contribution < 1.29 is 4.74 Å². The van der Waals surface area contributed by atoms with E-state index in [1.807, 2.05) is 6.07 Å². The maximum absolute atomic E-state index is 6.33. The van der Waals surface area contributed by atoms with Crippen molar-refractivity contribution in [3.05, 3.63) is 23.2 Å². The molecule has 0 radical (unpaired) electrons. The summed E-state index contributed by atoms with van der Waals surface area (Å²) < 4.78 is 5.40. The molecule has 18 heavy (non-hydrogen) atoms. The SMILES string of the molecule is Clc1ccc(N2CCOCC2)cc1N1CCCC1. The number of morpholine rings is 1. The first kappa shape index (κ1) is 12.1. The van der Waals surface area contributed by atoms with Crippen LogP contribution >= 0.6 is 11.6 Å². The average molecular weight is 267 g/mol. The maximum Gasteiger partial charge on any atom is 0.0642 e. The second-order valence-electron chi connectivity index (χ2n) is 4.93. The first-order chi connectivity index (χ1) is 8.84. The molecule has 2 aliphatic heterocycles. The lowest BCUT2D eigenvalue weighted by Crippen LogP contribution is -2.36. The van der Waals surface area contributed by atoms with E-state index in [2.05, 4.69) is 21.9 Å². The van der Waals surface area contributed by atoms with Gasteiger partial charge >= 0.3 is 0 Å². The van der Waals surface area contributed by atoms with Crippen LogP contribution < -0.4 is 9.80 Å². The molecule has 0 saturated carbocycles. The lowest BCUT2D eigenvalue weighted by molar-refractivity contribution is 0.122. The number of hydrogen-bond acceptors (Lipinski definition) is 3. The summed E-state index contributed by atoms with van der Waals surface area (Å²) in [6.07, 6.45) is 2.55. The van der Waals surface area contributed by atoms with Gasteiger partial charge in [-0.2, -0.15) is 0 Å². The van der Waals surface area contributed by atoms with Crippen molar-refractivity contribution in [3.8, 4) is 0 Å². The average Bonchev–Trinajstić information content (AvgIpc) is 2.94. The summed E-state index contributed by atoms with van der Waals surface area (Å²) in [7, 11) is 0. The van der Waals surface area contributed by atoms with Crippen LogP contribution in [0.25, 0.3) is 0 Å². The Hall–Kier alpha value is -0.930. The van der Waals surface area contributed by atoms with Crippen molar-refractivity contribution in [1.82, 2.24) is 0 Å². The van der Waals surface area contributed by atoms with Crippen LogP contribution in [0.3, 0.4) is 0 Å². The van der Waals surface area contributed by atoms with Gasteiger partial charge in [0.15, 0.2) is 0 Å². The Labute approximate surface area is 113 Å². The summed E-state index contributed by atoms with van der Waals surface area (Å²) in [6.45, 7) is 5.85. The van der Waals surface area contributed by atoms with E-state index >= 15 is 0 Å². The molecule has 0 bridgehead atoms. The van der Waals surface area contributed by atoms with Gasteiger partial charge in [0.25, 0.3) is 0 Å². The largest absolute Gasteiger partial charge is 0.378 e. The van der Waals surface area contributed by atoms with Gasteiger partial charge in [0.1, 0.15) is 0 Å². The summed E-state index contributed by atoms with van der Waals surface area (Å²) in [5, 5.41) is 0.869. The third-order valence-corrected chi connectivity index (χ3v) is 4.07. The lowest BCUT2D eigenvalue weighted by atomic mass is 10.2. The number of benzene rings is 1. The molecular weight excluding hydrogens is 248 g/mol. The normalized spacial score (nSPS) is 20.5. The number of nitrogens with zero attached hydrogens (tertiary/aromatic N) is 2. The number of anilines is 2. The highest BCUT2D eigenvalue weighted by atomic mass is 35.5. The van der Waals surface area contributed by atoms with Crippen LogP contribution in [0.1, 0.15) is 12.8 Å². The number of rotatable bonds is 2. The third-order valence-electron chi connectivity index (χ3n) is 3.75. The van der Waals surface area contributed by atoms with E-state index < -0.39 is 0 Å². The molecule has 98 valence electrons. The summed E-state index contributed by atoms with van der Waals surface area (Å²) >= 11 is 6.33. The van der Waals surface area contributed by atoms with E-state index in [0.29, 0.717) is 0 Å². The van der Waals surface area contributed by atoms with Gasteiger partial charge in [-0.05, 0) is 31.0 Å². The van der Waals surface area contributed by atoms with Gasteiger partial charge < -0.3 is 14.5 Å². The molecule has 0 unspecified atom stereocenters. The summed E-state index contributed by atoms with van der Waals surface area (Å²) in [5.74, 6) is 0. The van der Waals surface area contributed by atoms with E-state index in [-0.39, 0.29) is 0 Å². The van der Waals surface area contributed by atoms with E-state index in [0.717, 1.165) is 44.4 Å². The molecule has 0 spiro atoms. The Morgan fingerprint density at radius 2 is 1.67 bits per heavy atom. The predicted octanol–water partition coefficient (Wildman–Crippen LogP) is 2.78. The molecule has 2 fully saturated rings. The van der Waals surface area contributed by atoms with E-state index in [1.165, 1.54) is 24.2 Å². The Kier molecular flexibility index (Phi) is 3.62. The molecule has 1 aromatic rings. The molecule has 2 heterocycles. The zero-order valence-corrected chi connectivity index (χ0v) is 11.3. The first-order valence-electron chi connectivity index (χ1n) is 6.72. The van der Waals surface area contributed by atoms with Gasteiger partial charge in [-0.25, -0.2) is 0 Å². The van der Waals surface area contributed by atoms with Crippen LogP contribution in [0.4, 0.5) is 11.4 Å². The smallest absolute Gasteiger partial charge is 0.0642 e. The second-order valence-corrected chi connectivity index (χ2v) is 5.34. The van der Waals surface area contributed by atoms with Gasteiger partial charge in [0.05, 0.1) is 23.9 Å². The van der Waals surface area contributed by atoms with Crippen LogP contribution in [-0.2, 0) is 4.74 Å². The molecule has 0 amide bonds. The lowest BCUT2D eigenvalue weighted by Gasteiger charge is -2.30. The molecule has 0 atom stereocenters. The quantitative estimate of drug-likeness (QED) is 0.819. The fourth-order valence-electron chi connectivity index (χ4n) is 2.72. The highest BCUT2D eigenvalue weighted by molar-refractivity contribution is 6.33. The minimum absolute atomic E-state index is 0.821. The Morgan fingerprint density at radius 1 is 0.944 bits per heavy atom. The highest BCUT2D eigenvalue weighted by Gasteiger charge is 2.18. The molecule has 4 heteroatoms. The molecule has 3 rings (SSSR count). The molecule has 0 aliphatic carbocycles. The number of hydrogen-bond donors (Lipinski definition) is 0. The molecule has 1 aromatic carbocycles. The summed E-state index contributed by atoms with van der Waals surface area (Å²) in [6, 6.07) is 6.38. The molecule has 0 aromatic heterocycles. The molecule has 2 saturated heterocycles. The minimum atomic E-state index is 0.821. The topological polar surface area (TPSA) is 15.7 Å². The van der Waals surface area contributed by atoms with Crippen LogP contribution in [-0.4, -0.2) is 39.4 Å². The summed E-state index contributed by atoms with van der Waals surface area (Å²) in [4.78, 5) is 4.77. The van der Waals surface area contributed by atoms with Gasteiger partial charge in [-0.3, -0.25) is 0 Å². The van der Waals surface area contributed by atoms with Gasteiger partial charge in [-0.15, -0.1) is 0 Å². The van der Waals surface area contributed by atoms with Crippen molar-refractivity contribution in [2.45, 2.75) is 12.8 Å². The zero-order chi connectivity index (χ0) is 12.4. The molecule has 0 N–H and O–H groups in total. The third kappa shape index (κ3) is 2.43. The second kappa shape index (κ2) is 5.37. The van der Waals surface area contributed by atoms with Crippen LogP contribution in [0.5, 0.6) is 0 Å². The Bertz CT molecular complexity index is 412. The van der Waals surface area contributed by atoms with Crippen molar-refractivity contribution in [2.24, 2.45) is 0 Å². The Morgan fingerprint density at radius 3 is 2.39 bits per heavy atom. The number of ether oxygens (including phenoxy) is 1. The molecular formula is C14H19ClN2O. The highest BCUT2D eigenvalue weighted by Crippen LogP contribution is 2.32. The first-order valence-corrected chi connectivity index (χ1v) is 7.09. The van der Waals surface area contributed by atoms with Gasteiger partial charge in [-0.1, -0.05) is 11.6 Å². The standard InChI is InChI=1S/C14H19ClN2O/c15-13-4-3-12(16-7-9-18-10-8-16)11-14(13)17-5-1-2-6-17/h3-4,11H,1-2,5-10H2. The van der Waals surface area contributed by atoms with Crippen molar-refractivity contribution in [3.63, 3.8) is 0 Å². The zero-order valence-electron chi connectivity index (χ0n) is 10.6. The van der Waals surface area contributed by atoms with Crippen LogP contribution in [0.15, 0.2) is 18.2 Å². The fourth-order valence-corrected chi connectivity index (χ4v) is 2.96. The van der Waals surface area contributed by atoms with E-state index in [9.17, 15) is 0 Å². The summed E-state index contributed by atoms with van der Waals surface area (Å²) in [5.41, 5.74) is 2.46. The minimum Gasteiger partial charge on any atom is -0.378 e. The molecule has 2 aliphatic rings. The van der Waals surface area contributed by atoms with Gasteiger partial charge in [0.2, 0.25) is 0 Å². The van der Waals surface area contributed by atoms with E-state index in [1.54, 1.807) is 0 Å². The Balaban J connectivity index is 1.84. The maximum atomic E-state index is 6.33. The van der Waals surface area contributed by atoms with Gasteiger partial charge in [0, 0.05) is 31.9 Å². The van der Waals surface area contributed by atoms with Crippen LogP contribution in [0, 0.1) is 0 Å². The fraction of sp³-hybridized carbons (Fsp3) is 0.571. The van der Waals surface area contributed by atoms with Crippen LogP contribution in [0.2, 0.25) is 5.02 Å². The van der Waals surface area contributed by atoms with Crippen molar-refractivity contribution in [1.29, 1.82) is 0 Å². The van der Waals surface area contributed by atoms with Crippen molar-refractivity contribution >= 4 is 23.0 Å². The van der Waals surface area contributed by atoms with E-state index in [4.69, 9.17) is 16.3 Å². The monoisotopic (exact) mass is 266 g/mol. The van der Waals surface area contributed by atoms with Crippen molar-refractivity contribution in [2.75, 3.05) is 49.2 Å². The molecule has 3 nitrogen and oxygen atoms in total. The predicted molar refractivity (Wildman–Crippen MR) is 75.9 cm³/mol. The number of halogens is 1.